The van der Waals surface area contributed by atoms with Crippen LogP contribution in [0.25, 0.3) is 6.08 Å². The van der Waals surface area contributed by atoms with Gasteiger partial charge >= 0.3 is 5.97 Å². The molecule has 0 bridgehead atoms. The van der Waals surface area contributed by atoms with Gasteiger partial charge in [-0.3, -0.25) is 4.79 Å². The van der Waals surface area contributed by atoms with Crippen LogP contribution in [0.1, 0.15) is 29.8 Å². The number of amides is 1. The third-order valence-electron chi connectivity index (χ3n) is 4.15. The van der Waals surface area contributed by atoms with E-state index in [9.17, 15) is 19.8 Å². The van der Waals surface area contributed by atoms with Gasteiger partial charge in [0.05, 0.1) is 38.6 Å². The van der Waals surface area contributed by atoms with E-state index in [1.807, 2.05) is 0 Å². The highest BCUT2D eigenvalue weighted by molar-refractivity contribution is 9.10. The summed E-state index contributed by atoms with van der Waals surface area (Å²) in [5, 5.41) is 24.7. The van der Waals surface area contributed by atoms with Crippen molar-refractivity contribution in [3.8, 4) is 11.5 Å². The number of hydrazone groups is 1. The Kier molecular flexibility index (Phi) is 5.95. The number of aromatic carboxylic acids is 1. The molecule has 0 radical (unpaired) electrons. The summed E-state index contributed by atoms with van der Waals surface area (Å²) in [7, 11) is 0. The van der Waals surface area contributed by atoms with Crippen molar-refractivity contribution >= 4 is 56.9 Å². The van der Waals surface area contributed by atoms with Crippen molar-refractivity contribution in [2.45, 2.75) is 13.8 Å². The SMILES string of the molecule is CCOc1cc(/C=C2\C(=O)N(c3ccc(Cl)c(C(=O)O)c3)N=C2C)cc(Br)c1O. The molecule has 2 aromatic carbocycles. The highest BCUT2D eigenvalue weighted by atomic mass is 79.9. The lowest BCUT2D eigenvalue weighted by molar-refractivity contribution is -0.114. The average Bonchev–Trinajstić information content (AvgIpc) is 2.94. The first-order valence-electron chi connectivity index (χ1n) is 8.52. The van der Waals surface area contributed by atoms with Gasteiger partial charge in [-0.05, 0) is 71.7 Å². The molecule has 1 aliphatic rings. The molecule has 1 heterocycles. The van der Waals surface area contributed by atoms with Gasteiger partial charge in [-0.2, -0.15) is 10.1 Å². The Labute approximate surface area is 180 Å². The number of carboxylic acid groups (broad SMARTS) is 1. The summed E-state index contributed by atoms with van der Waals surface area (Å²) in [6, 6.07) is 7.50. The molecule has 0 atom stereocenters. The predicted octanol–water partition coefficient (Wildman–Crippen LogP) is 4.71. The van der Waals surface area contributed by atoms with Gasteiger partial charge in [-0.25, -0.2) is 4.79 Å². The van der Waals surface area contributed by atoms with Crippen molar-refractivity contribution in [2.24, 2.45) is 5.10 Å². The average molecular weight is 480 g/mol. The Bertz CT molecular complexity index is 1080. The van der Waals surface area contributed by atoms with Gasteiger partial charge in [-0.15, -0.1) is 0 Å². The number of carbonyl (C=O) groups excluding carboxylic acids is 1. The monoisotopic (exact) mass is 478 g/mol. The van der Waals surface area contributed by atoms with Crippen LogP contribution >= 0.6 is 27.5 Å². The van der Waals surface area contributed by atoms with Gasteiger partial charge in [0, 0.05) is 0 Å². The minimum atomic E-state index is -1.20. The number of carboxylic acids is 1. The molecule has 9 heteroatoms. The van der Waals surface area contributed by atoms with E-state index in [0.29, 0.717) is 33.6 Å². The molecule has 0 spiro atoms. The van der Waals surface area contributed by atoms with Crippen LogP contribution in [0.3, 0.4) is 0 Å². The predicted molar refractivity (Wildman–Crippen MR) is 114 cm³/mol. The molecule has 1 aliphatic heterocycles. The van der Waals surface area contributed by atoms with E-state index < -0.39 is 11.9 Å². The third-order valence-corrected chi connectivity index (χ3v) is 5.08. The first kappa shape index (κ1) is 20.9. The van der Waals surface area contributed by atoms with Crippen molar-refractivity contribution in [1.82, 2.24) is 0 Å². The van der Waals surface area contributed by atoms with E-state index >= 15 is 0 Å². The zero-order valence-corrected chi connectivity index (χ0v) is 17.8. The first-order chi connectivity index (χ1) is 13.7. The molecule has 0 fully saturated rings. The van der Waals surface area contributed by atoms with Crippen LogP contribution in [-0.4, -0.2) is 34.4 Å². The fourth-order valence-corrected chi connectivity index (χ4v) is 3.44. The standard InChI is InChI=1S/C20H16BrClN2O5/c1-3-29-17-8-11(7-15(21)18(17)25)6-13-10(2)23-24(19(13)26)12-4-5-16(22)14(9-12)20(27)28/h4-9,25H,3H2,1-2H3,(H,27,28)/b13-6-. The van der Waals surface area contributed by atoms with Crippen LogP contribution in [0.15, 0.2) is 45.5 Å². The van der Waals surface area contributed by atoms with Crippen molar-refractivity contribution in [3.63, 3.8) is 0 Å². The number of phenolic OH excluding ortho intramolecular Hbond substituents is 1. The van der Waals surface area contributed by atoms with Gasteiger partial charge in [0.2, 0.25) is 0 Å². The van der Waals surface area contributed by atoms with E-state index in [1.165, 1.54) is 18.2 Å². The maximum absolute atomic E-state index is 12.9. The molecule has 0 saturated heterocycles. The number of rotatable bonds is 5. The first-order valence-corrected chi connectivity index (χ1v) is 9.70. The maximum Gasteiger partial charge on any atom is 0.337 e. The lowest BCUT2D eigenvalue weighted by Crippen LogP contribution is -2.21. The Morgan fingerprint density at radius 1 is 1.34 bits per heavy atom. The van der Waals surface area contributed by atoms with Crippen molar-refractivity contribution in [3.05, 3.63) is 56.5 Å². The quantitative estimate of drug-likeness (QED) is 0.605. The molecule has 2 N–H and O–H groups in total. The molecule has 0 unspecified atom stereocenters. The second-order valence-corrected chi connectivity index (χ2v) is 7.37. The zero-order valence-electron chi connectivity index (χ0n) is 15.4. The summed E-state index contributed by atoms with van der Waals surface area (Å²) < 4.78 is 5.84. The summed E-state index contributed by atoms with van der Waals surface area (Å²) >= 11 is 9.17. The summed E-state index contributed by atoms with van der Waals surface area (Å²) in [6.45, 7) is 3.84. The highest BCUT2D eigenvalue weighted by Crippen LogP contribution is 2.37. The number of anilines is 1. The van der Waals surface area contributed by atoms with E-state index in [2.05, 4.69) is 21.0 Å². The Hall–Kier alpha value is -2.84. The number of benzene rings is 2. The van der Waals surface area contributed by atoms with Crippen LogP contribution in [0.4, 0.5) is 5.69 Å². The zero-order chi connectivity index (χ0) is 21.3. The third kappa shape index (κ3) is 4.13. The Balaban J connectivity index is 1.99. The number of carbonyl (C=O) groups is 2. The number of hydrogen-bond acceptors (Lipinski definition) is 5. The summed E-state index contributed by atoms with van der Waals surface area (Å²) in [6.07, 6.45) is 1.63. The van der Waals surface area contributed by atoms with E-state index in [1.54, 1.807) is 32.1 Å². The number of nitrogens with zero attached hydrogens (tertiary/aromatic N) is 2. The maximum atomic E-state index is 12.9. The Morgan fingerprint density at radius 2 is 2.07 bits per heavy atom. The molecular weight excluding hydrogens is 464 g/mol. The van der Waals surface area contributed by atoms with Gasteiger partial charge < -0.3 is 14.9 Å². The fraction of sp³-hybridized carbons (Fsp3) is 0.150. The minimum Gasteiger partial charge on any atom is -0.503 e. The fourth-order valence-electron chi connectivity index (χ4n) is 2.78. The van der Waals surface area contributed by atoms with E-state index in [0.717, 1.165) is 5.01 Å². The van der Waals surface area contributed by atoms with Crippen LogP contribution in [0.5, 0.6) is 11.5 Å². The second-order valence-electron chi connectivity index (χ2n) is 6.11. The molecule has 29 heavy (non-hydrogen) atoms. The van der Waals surface area contributed by atoms with E-state index in [4.69, 9.17) is 16.3 Å². The van der Waals surface area contributed by atoms with Crippen LogP contribution in [0, 0.1) is 0 Å². The molecular formula is C20H16BrClN2O5. The lowest BCUT2D eigenvalue weighted by Gasteiger charge is -2.13. The van der Waals surface area contributed by atoms with Gasteiger partial charge in [0.1, 0.15) is 0 Å². The molecule has 150 valence electrons. The Morgan fingerprint density at radius 3 is 2.72 bits per heavy atom. The molecule has 7 nitrogen and oxygen atoms in total. The van der Waals surface area contributed by atoms with Crippen LogP contribution in [-0.2, 0) is 4.79 Å². The van der Waals surface area contributed by atoms with Crippen molar-refractivity contribution in [1.29, 1.82) is 0 Å². The molecule has 0 saturated carbocycles. The van der Waals surface area contributed by atoms with E-state index in [-0.39, 0.29) is 22.1 Å². The topological polar surface area (TPSA) is 99.4 Å². The lowest BCUT2D eigenvalue weighted by atomic mass is 10.1. The molecule has 0 aliphatic carbocycles. The van der Waals surface area contributed by atoms with Gasteiger partial charge in [0.15, 0.2) is 11.5 Å². The second kappa shape index (κ2) is 8.26. The summed E-state index contributed by atoms with van der Waals surface area (Å²) in [5.41, 5.74) is 1.59. The van der Waals surface area contributed by atoms with Crippen molar-refractivity contribution < 1.29 is 24.5 Å². The minimum absolute atomic E-state index is 0.0267. The number of aromatic hydroxyl groups is 1. The number of phenols is 1. The smallest absolute Gasteiger partial charge is 0.337 e. The number of hydrogen-bond donors (Lipinski definition) is 2. The normalized spacial score (nSPS) is 15.0. The van der Waals surface area contributed by atoms with Crippen LogP contribution in [0.2, 0.25) is 5.02 Å². The summed E-state index contributed by atoms with van der Waals surface area (Å²) in [5.74, 6) is -1.35. The molecule has 0 aromatic heterocycles. The number of halogens is 2. The summed E-state index contributed by atoms with van der Waals surface area (Å²) in [4.78, 5) is 24.2. The number of ether oxygens (including phenoxy) is 1. The van der Waals surface area contributed by atoms with Crippen molar-refractivity contribution in [2.75, 3.05) is 11.6 Å². The molecule has 1 amide bonds. The van der Waals surface area contributed by atoms with Gasteiger partial charge in [0.25, 0.3) is 5.91 Å². The molecule has 2 aromatic rings. The largest absolute Gasteiger partial charge is 0.503 e. The highest BCUT2D eigenvalue weighted by Gasteiger charge is 2.29. The molecule has 3 rings (SSSR count). The van der Waals surface area contributed by atoms with Gasteiger partial charge in [-0.1, -0.05) is 11.6 Å². The van der Waals surface area contributed by atoms with Crippen LogP contribution < -0.4 is 9.75 Å².